The second kappa shape index (κ2) is 7.60. The van der Waals surface area contributed by atoms with Crippen LogP contribution >= 0.6 is 11.3 Å². The SMILES string of the molecule is COC(CNC(=O)Cc1cccc2ccccc12)c1ccc(C)s1. The summed E-state index contributed by atoms with van der Waals surface area (Å²) in [4.78, 5) is 14.7. The zero-order valence-electron chi connectivity index (χ0n) is 13.9. The molecule has 0 fully saturated rings. The van der Waals surface area contributed by atoms with Crippen LogP contribution in [-0.4, -0.2) is 19.6 Å². The van der Waals surface area contributed by atoms with Crippen molar-refractivity contribution in [3.63, 3.8) is 0 Å². The van der Waals surface area contributed by atoms with Gasteiger partial charge in [-0.25, -0.2) is 0 Å². The monoisotopic (exact) mass is 339 g/mol. The van der Waals surface area contributed by atoms with E-state index in [2.05, 4.69) is 42.6 Å². The van der Waals surface area contributed by atoms with Crippen molar-refractivity contribution in [2.45, 2.75) is 19.4 Å². The summed E-state index contributed by atoms with van der Waals surface area (Å²) in [5.41, 5.74) is 1.05. The summed E-state index contributed by atoms with van der Waals surface area (Å²) >= 11 is 1.70. The molecule has 1 amide bonds. The maximum atomic E-state index is 12.3. The number of carbonyl (C=O) groups is 1. The standard InChI is InChI=1S/C20H21NO2S/c1-14-10-11-19(24-14)18(23-2)13-21-20(22)12-16-8-5-7-15-6-3-4-9-17(15)16/h3-11,18H,12-13H2,1-2H3,(H,21,22). The van der Waals surface area contributed by atoms with Crippen LogP contribution in [0.3, 0.4) is 0 Å². The van der Waals surface area contributed by atoms with Crippen LogP contribution < -0.4 is 5.32 Å². The molecule has 4 heteroatoms. The lowest BCUT2D eigenvalue weighted by Gasteiger charge is -2.15. The van der Waals surface area contributed by atoms with Crippen molar-refractivity contribution in [3.05, 3.63) is 69.9 Å². The van der Waals surface area contributed by atoms with Crippen molar-refractivity contribution in [2.24, 2.45) is 0 Å². The van der Waals surface area contributed by atoms with Crippen molar-refractivity contribution in [2.75, 3.05) is 13.7 Å². The number of fused-ring (bicyclic) bond motifs is 1. The zero-order chi connectivity index (χ0) is 16.9. The zero-order valence-corrected chi connectivity index (χ0v) is 14.7. The van der Waals surface area contributed by atoms with Gasteiger partial charge in [-0.1, -0.05) is 42.5 Å². The molecule has 3 aromatic rings. The molecule has 0 radical (unpaired) electrons. The minimum atomic E-state index is -0.0971. The van der Waals surface area contributed by atoms with Gasteiger partial charge in [0.2, 0.25) is 5.91 Å². The summed E-state index contributed by atoms with van der Waals surface area (Å²) in [5, 5.41) is 5.29. The quantitative estimate of drug-likeness (QED) is 0.729. The number of thiophene rings is 1. The van der Waals surface area contributed by atoms with Gasteiger partial charge in [0.05, 0.1) is 6.42 Å². The van der Waals surface area contributed by atoms with E-state index in [1.807, 2.05) is 24.3 Å². The molecule has 124 valence electrons. The van der Waals surface area contributed by atoms with Crippen LogP contribution in [0.4, 0.5) is 0 Å². The molecule has 0 aliphatic rings. The summed E-state index contributed by atoms with van der Waals surface area (Å²) in [6.07, 6.45) is 0.279. The highest BCUT2D eigenvalue weighted by Crippen LogP contribution is 2.24. The first-order valence-corrected chi connectivity index (χ1v) is 8.81. The Balaban J connectivity index is 1.64. The highest BCUT2D eigenvalue weighted by atomic mass is 32.1. The molecule has 2 aromatic carbocycles. The molecule has 3 rings (SSSR count). The van der Waals surface area contributed by atoms with Crippen molar-refractivity contribution >= 4 is 28.0 Å². The fourth-order valence-corrected chi connectivity index (χ4v) is 3.77. The van der Waals surface area contributed by atoms with Gasteiger partial charge in [0.15, 0.2) is 0 Å². The first-order chi connectivity index (χ1) is 11.7. The highest BCUT2D eigenvalue weighted by Gasteiger charge is 2.14. The summed E-state index contributed by atoms with van der Waals surface area (Å²) in [7, 11) is 1.68. The van der Waals surface area contributed by atoms with Gasteiger partial charge in [-0.3, -0.25) is 4.79 Å². The van der Waals surface area contributed by atoms with Crippen molar-refractivity contribution in [1.82, 2.24) is 5.32 Å². The van der Waals surface area contributed by atoms with Gasteiger partial charge in [0.25, 0.3) is 0 Å². The molecule has 1 unspecified atom stereocenters. The van der Waals surface area contributed by atoms with Crippen molar-refractivity contribution < 1.29 is 9.53 Å². The van der Waals surface area contributed by atoms with Crippen LogP contribution in [-0.2, 0) is 16.0 Å². The first kappa shape index (κ1) is 16.7. The van der Waals surface area contributed by atoms with E-state index in [-0.39, 0.29) is 12.0 Å². The smallest absolute Gasteiger partial charge is 0.224 e. The normalized spacial score (nSPS) is 12.2. The topological polar surface area (TPSA) is 38.3 Å². The van der Waals surface area contributed by atoms with E-state index >= 15 is 0 Å². The lowest BCUT2D eigenvalue weighted by molar-refractivity contribution is -0.121. The van der Waals surface area contributed by atoms with E-state index in [9.17, 15) is 4.79 Å². The van der Waals surface area contributed by atoms with Crippen LogP contribution in [0.25, 0.3) is 10.8 Å². The molecule has 1 aromatic heterocycles. The molecule has 1 heterocycles. The predicted octanol–water partition coefficient (Wildman–Crippen LogP) is 4.26. The van der Waals surface area contributed by atoms with Crippen LogP contribution in [0.5, 0.6) is 0 Å². The summed E-state index contributed by atoms with van der Waals surface area (Å²) in [6, 6.07) is 18.4. The number of carbonyl (C=O) groups excluding carboxylic acids is 1. The van der Waals surface area contributed by atoms with Gasteiger partial charge in [-0.2, -0.15) is 0 Å². The Morgan fingerprint density at radius 2 is 1.92 bits per heavy atom. The maximum Gasteiger partial charge on any atom is 0.224 e. The highest BCUT2D eigenvalue weighted by molar-refractivity contribution is 7.12. The Hall–Kier alpha value is -2.17. The Morgan fingerprint density at radius 1 is 1.12 bits per heavy atom. The Bertz CT molecular complexity index is 835. The summed E-state index contributed by atoms with van der Waals surface area (Å²) < 4.78 is 5.52. The fourth-order valence-electron chi connectivity index (χ4n) is 2.82. The number of benzene rings is 2. The van der Waals surface area contributed by atoms with Gasteiger partial charge < -0.3 is 10.1 Å². The van der Waals surface area contributed by atoms with Gasteiger partial charge in [-0.15, -0.1) is 11.3 Å². The molecule has 0 saturated carbocycles. The van der Waals surface area contributed by atoms with Crippen molar-refractivity contribution in [3.8, 4) is 0 Å². The molecule has 0 bridgehead atoms. The molecule has 3 nitrogen and oxygen atoms in total. The number of ether oxygens (including phenoxy) is 1. The van der Waals surface area contributed by atoms with Crippen LogP contribution in [0.2, 0.25) is 0 Å². The predicted molar refractivity (Wildman–Crippen MR) is 99.5 cm³/mol. The lowest BCUT2D eigenvalue weighted by Crippen LogP contribution is -2.30. The van der Waals surface area contributed by atoms with E-state index in [1.165, 1.54) is 4.88 Å². The first-order valence-electron chi connectivity index (χ1n) is 8.00. The Labute approximate surface area is 146 Å². The second-order valence-corrected chi connectivity index (χ2v) is 7.11. The minimum absolute atomic E-state index is 0.0154. The second-order valence-electron chi connectivity index (χ2n) is 5.79. The average Bonchev–Trinajstić information content (AvgIpc) is 3.02. The average molecular weight is 339 g/mol. The molecule has 0 saturated heterocycles. The number of aryl methyl sites for hydroxylation is 1. The summed E-state index contributed by atoms with van der Waals surface area (Å²) in [5.74, 6) is 0.0154. The lowest BCUT2D eigenvalue weighted by atomic mass is 10.0. The maximum absolute atomic E-state index is 12.3. The molecule has 1 atom stereocenters. The van der Waals surface area contributed by atoms with Gasteiger partial charge in [0, 0.05) is 23.4 Å². The third-order valence-electron chi connectivity index (χ3n) is 4.08. The van der Waals surface area contributed by atoms with Gasteiger partial charge in [0.1, 0.15) is 6.10 Å². The van der Waals surface area contributed by atoms with E-state index < -0.39 is 0 Å². The van der Waals surface area contributed by atoms with Gasteiger partial charge >= 0.3 is 0 Å². The molecule has 0 aliphatic carbocycles. The number of nitrogens with one attached hydrogen (secondary N) is 1. The molecular formula is C20H21NO2S. The van der Waals surface area contributed by atoms with Gasteiger partial charge in [-0.05, 0) is 35.4 Å². The number of hydrogen-bond acceptors (Lipinski definition) is 3. The van der Waals surface area contributed by atoms with Crippen LogP contribution in [0, 0.1) is 6.92 Å². The molecular weight excluding hydrogens is 318 g/mol. The summed E-state index contributed by atoms with van der Waals surface area (Å²) in [6.45, 7) is 2.56. The molecule has 24 heavy (non-hydrogen) atoms. The number of hydrogen-bond donors (Lipinski definition) is 1. The number of methoxy groups -OCH3 is 1. The molecule has 1 N–H and O–H groups in total. The van der Waals surface area contributed by atoms with Crippen LogP contribution in [0.1, 0.15) is 21.4 Å². The fraction of sp³-hybridized carbons (Fsp3) is 0.250. The van der Waals surface area contributed by atoms with Crippen LogP contribution in [0.15, 0.2) is 54.6 Å². The van der Waals surface area contributed by atoms with E-state index in [0.717, 1.165) is 21.2 Å². The number of amides is 1. The molecule has 0 aliphatic heterocycles. The van der Waals surface area contributed by atoms with E-state index in [0.29, 0.717) is 13.0 Å². The number of rotatable bonds is 6. The van der Waals surface area contributed by atoms with E-state index in [1.54, 1.807) is 18.4 Å². The Morgan fingerprint density at radius 3 is 2.67 bits per heavy atom. The van der Waals surface area contributed by atoms with E-state index in [4.69, 9.17) is 4.74 Å². The largest absolute Gasteiger partial charge is 0.374 e. The van der Waals surface area contributed by atoms with Crippen molar-refractivity contribution in [1.29, 1.82) is 0 Å². The minimum Gasteiger partial charge on any atom is -0.374 e. The third-order valence-corrected chi connectivity index (χ3v) is 5.17. The molecule has 0 spiro atoms. The Kier molecular flexibility index (Phi) is 5.28. The third kappa shape index (κ3) is 3.83.